The average molecular weight is 219 g/mol. The second kappa shape index (κ2) is 9.09. The minimum Gasteiger partial charge on any atom is -0.389 e. The molecule has 92 valence electrons. The van der Waals surface area contributed by atoms with Crippen LogP contribution in [0.4, 0.5) is 0 Å². The molecular weight excluding hydrogens is 194 g/mol. The van der Waals surface area contributed by atoms with Crippen LogP contribution < -0.4 is 0 Å². The normalized spacial score (nSPS) is 15.6. The highest BCUT2D eigenvalue weighted by atomic mass is 16.5. The first kappa shape index (κ1) is 14.8. The number of ether oxygens (including phenoxy) is 2. The molecule has 0 rings (SSSR count). The Morgan fingerprint density at radius 1 is 1.27 bits per heavy atom. The molecular formula is C11H25NO3. The van der Waals surface area contributed by atoms with Crippen molar-refractivity contribution in [3.05, 3.63) is 0 Å². The number of methoxy groups -OCH3 is 2. The topological polar surface area (TPSA) is 41.9 Å². The monoisotopic (exact) mass is 219 g/mol. The molecule has 0 saturated carbocycles. The molecule has 0 aliphatic carbocycles. The van der Waals surface area contributed by atoms with Gasteiger partial charge in [0.25, 0.3) is 0 Å². The fourth-order valence-corrected chi connectivity index (χ4v) is 1.47. The van der Waals surface area contributed by atoms with Gasteiger partial charge in [-0.2, -0.15) is 0 Å². The summed E-state index contributed by atoms with van der Waals surface area (Å²) in [6, 6.07) is 0.464. The van der Waals surface area contributed by atoms with E-state index < -0.39 is 6.10 Å². The predicted molar refractivity (Wildman–Crippen MR) is 61.1 cm³/mol. The van der Waals surface area contributed by atoms with E-state index in [1.165, 1.54) is 0 Å². The first-order valence-electron chi connectivity index (χ1n) is 5.55. The number of hydrogen-bond acceptors (Lipinski definition) is 4. The lowest BCUT2D eigenvalue weighted by molar-refractivity contribution is 0.0203. The molecule has 4 nitrogen and oxygen atoms in total. The van der Waals surface area contributed by atoms with Gasteiger partial charge < -0.3 is 14.6 Å². The van der Waals surface area contributed by atoms with E-state index in [1.54, 1.807) is 14.2 Å². The van der Waals surface area contributed by atoms with Crippen molar-refractivity contribution in [1.29, 1.82) is 0 Å². The SMILES string of the molecule is CCC(C)N(CCOC)CC(O)COC. The summed E-state index contributed by atoms with van der Waals surface area (Å²) in [6.07, 6.45) is 0.657. The third-order valence-electron chi connectivity index (χ3n) is 2.60. The van der Waals surface area contributed by atoms with E-state index in [2.05, 4.69) is 18.7 Å². The molecule has 0 aliphatic rings. The molecule has 0 aliphatic heterocycles. The molecule has 0 aromatic carbocycles. The number of rotatable bonds is 9. The molecule has 0 spiro atoms. The molecule has 0 aromatic rings. The van der Waals surface area contributed by atoms with Crippen molar-refractivity contribution in [1.82, 2.24) is 4.90 Å². The van der Waals surface area contributed by atoms with Gasteiger partial charge in [-0.05, 0) is 13.3 Å². The zero-order valence-corrected chi connectivity index (χ0v) is 10.4. The highest BCUT2D eigenvalue weighted by Crippen LogP contribution is 2.04. The molecule has 1 N–H and O–H groups in total. The first-order chi connectivity index (χ1) is 7.15. The molecule has 0 aromatic heterocycles. The van der Waals surface area contributed by atoms with Crippen molar-refractivity contribution in [3.8, 4) is 0 Å². The van der Waals surface area contributed by atoms with Gasteiger partial charge in [0.1, 0.15) is 0 Å². The Kier molecular flexibility index (Phi) is 9.00. The van der Waals surface area contributed by atoms with E-state index in [1.807, 2.05) is 0 Å². The summed E-state index contributed by atoms with van der Waals surface area (Å²) in [5.74, 6) is 0. The summed E-state index contributed by atoms with van der Waals surface area (Å²) >= 11 is 0. The van der Waals surface area contributed by atoms with Crippen LogP contribution in [0.1, 0.15) is 20.3 Å². The van der Waals surface area contributed by atoms with Gasteiger partial charge in [0.15, 0.2) is 0 Å². The average Bonchev–Trinajstić information content (AvgIpc) is 2.23. The maximum atomic E-state index is 9.66. The molecule has 2 unspecified atom stereocenters. The number of aliphatic hydroxyl groups excluding tert-OH is 1. The molecule has 0 amide bonds. The molecule has 4 heteroatoms. The highest BCUT2D eigenvalue weighted by Gasteiger charge is 2.15. The maximum Gasteiger partial charge on any atom is 0.0900 e. The molecule has 0 saturated heterocycles. The minimum atomic E-state index is -0.416. The van der Waals surface area contributed by atoms with Crippen LogP contribution in [0, 0.1) is 0 Å². The van der Waals surface area contributed by atoms with Crippen LogP contribution in [-0.4, -0.2) is 62.7 Å². The van der Waals surface area contributed by atoms with Gasteiger partial charge >= 0.3 is 0 Å². The Labute approximate surface area is 93.2 Å². The molecule has 0 heterocycles. The van der Waals surface area contributed by atoms with Gasteiger partial charge in [-0.15, -0.1) is 0 Å². The van der Waals surface area contributed by atoms with Crippen molar-refractivity contribution < 1.29 is 14.6 Å². The quantitative estimate of drug-likeness (QED) is 0.621. The van der Waals surface area contributed by atoms with Crippen LogP contribution in [0.15, 0.2) is 0 Å². The van der Waals surface area contributed by atoms with Crippen molar-refractivity contribution >= 4 is 0 Å². The van der Waals surface area contributed by atoms with E-state index in [4.69, 9.17) is 9.47 Å². The second-order valence-corrected chi connectivity index (χ2v) is 3.85. The molecule has 2 atom stereocenters. The third kappa shape index (κ3) is 6.84. The van der Waals surface area contributed by atoms with Gasteiger partial charge in [-0.25, -0.2) is 0 Å². The molecule has 0 radical (unpaired) electrons. The van der Waals surface area contributed by atoms with Crippen LogP contribution >= 0.6 is 0 Å². The van der Waals surface area contributed by atoms with E-state index in [0.717, 1.165) is 13.0 Å². The minimum absolute atomic E-state index is 0.389. The van der Waals surface area contributed by atoms with Crippen molar-refractivity contribution in [3.63, 3.8) is 0 Å². The fraction of sp³-hybridized carbons (Fsp3) is 1.00. The van der Waals surface area contributed by atoms with Gasteiger partial charge in [-0.1, -0.05) is 6.92 Å². The van der Waals surface area contributed by atoms with Crippen molar-refractivity contribution in [2.45, 2.75) is 32.4 Å². The Morgan fingerprint density at radius 3 is 2.40 bits per heavy atom. The van der Waals surface area contributed by atoms with Crippen molar-refractivity contribution in [2.75, 3.05) is 40.5 Å². The lowest BCUT2D eigenvalue weighted by atomic mass is 10.2. The van der Waals surface area contributed by atoms with Crippen LogP contribution in [0.2, 0.25) is 0 Å². The smallest absolute Gasteiger partial charge is 0.0900 e. The second-order valence-electron chi connectivity index (χ2n) is 3.85. The van der Waals surface area contributed by atoms with E-state index in [0.29, 0.717) is 25.8 Å². The lowest BCUT2D eigenvalue weighted by Crippen LogP contribution is -2.42. The van der Waals surface area contributed by atoms with Crippen molar-refractivity contribution in [2.24, 2.45) is 0 Å². The largest absolute Gasteiger partial charge is 0.389 e. The summed E-state index contributed by atoms with van der Waals surface area (Å²) in [5, 5.41) is 9.66. The van der Waals surface area contributed by atoms with E-state index in [-0.39, 0.29) is 0 Å². The summed E-state index contributed by atoms with van der Waals surface area (Å²) in [7, 11) is 3.30. The van der Waals surface area contributed by atoms with Gasteiger partial charge in [-0.3, -0.25) is 4.90 Å². The van der Waals surface area contributed by atoms with Gasteiger partial charge in [0.2, 0.25) is 0 Å². The van der Waals surface area contributed by atoms with Gasteiger partial charge in [0, 0.05) is 33.4 Å². The summed E-state index contributed by atoms with van der Waals surface area (Å²) in [6.45, 7) is 6.89. The number of nitrogens with zero attached hydrogens (tertiary/aromatic N) is 1. The van der Waals surface area contributed by atoms with Crippen LogP contribution in [-0.2, 0) is 9.47 Å². The molecule has 0 bridgehead atoms. The Bertz CT molecular complexity index is 144. The predicted octanol–water partition coefficient (Wildman–Crippen LogP) is 0.741. The Hall–Kier alpha value is -0.160. The zero-order chi connectivity index (χ0) is 11.7. The third-order valence-corrected chi connectivity index (χ3v) is 2.60. The number of aliphatic hydroxyl groups is 1. The Balaban J connectivity index is 3.98. The summed E-state index contributed by atoms with van der Waals surface area (Å²) in [5.41, 5.74) is 0. The van der Waals surface area contributed by atoms with E-state index >= 15 is 0 Å². The Morgan fingerprint density at radius 2 is 1.93 bits per heavy atom. The van der Waals surface area contributed by atoms with Gasteiger partial charge in [0.05, 0.1) is 19.3 Å². The zero-order valence-electron chi connectivity index (χ0n) is 10.4. The van der Waals surface area contributed by atoms with Crippen LogP contribution in [0.5, 0.6) is 0 Å². The first-order valence-corrected chi connectivity index (χ1v) is 5.55. The highest BCUT2D eigenvalue weighted by molar-refractivity contribution is 4.69. The standard InChI is InChI=1S/C11H25NO3/c1-5-10(2)12(6-7-14-3)8-11(13)9-15-4/h10-11,13H,5-9H2,1-4H3. The van der Waals surface area contributed by atoms with Crippen LogP contribution in [0.3, 0.4) is 0 Å². The summed E-state index contributed by atoms with van der Waals surface area (Å²) < 4.78 is 9.97. The fourth-order valence-electron chi connectivity index (χ4n) is 1.47. The molecule has 0 fully saturated rings. The number of hydrogen-bond donors (Lipinski definition) is 1. The molecule has 15 heavy (non-hydrogen) atoms. The van der Waals surface area contributed by atoms with Crippen LogP contribution in [0.25, 0.3) is 0 Å². The summed E-state index contributed by atoms with van der Waals surface area (Å²) in [4.78, 5) is 2.23. The van der Waals surface area contributed by atoms with E-state index in [9.17, 15) is 5.11 Å². The maximum absolute atomic E-state index is 9.66. The lowest BCUT2D eigenvalue weighted by Gasteiger charge is -2.29.